The second-order valence-electron chi connectivity index (χ2n) is 6.91. The number of H-pyrrole nitrogens is 1. The lowest BCUT2D eigenvalue weighted by Crippen LogP contribution is -2.33. The Bertz CT molecular complexity index is 800. The predicted molar refractivity (Wildman–Crippen MR) is 107 cm³/mol. The summed E-state index contributed by atoms with van der Waals surface area (Å²) < 4.78 is 0. The first-order chi connectivity index (χ1) is 12.4. The van der Waals surface area contributed by atoms with E-state index in [9.17, 15) is 0 Å². The number of nitrogens with one attached hydrogen (secondary N) is 2. The molecule has 0 saturated carbocycles. The van der Waals surface area contributed by atoms with Crippen LogP contribution in [0.3, 0.4) is 0 Å². The third-order valence-electron chi connectivity index (χ3n) is 5.37. The summed E-state index contributed by atoms with van der Waals surface area (Å²) in [7, 11) is 0. The van der Waals surface area contributed by atoms with Crippen LogP contribution in [0.1, 0.15) is 41.8 Å². The van der Waals surface area contributed by atoms with Crippen LogP contribution < -0.4 is 5.32 Å². The molecule has 1 aromatic carbocycles. The van der Waals surface area contributed by atoms with Gasteiger partial charge in [0.15, 0.2) is 0 Å². The first-order valence-corrected chi connectivity index (χ1v) is 10.3. The van der Waals surface area contributed by atoms with E-state index in [1.807, 2.05) is 11.3 Å². The Hall–Kier alpha value is -1.62. The van der Waals surface area contributed by atoms with Crippen LogP contribution in [-0.2, 0) is 13.0 Å². The second kappa shape index (κ2) is 7.73. The molecule has 0 amide bonds. The Kier molecular flexibility index (Phi) is 5.20. The molecule has 3 heterocycles. The van der Waals surface area contributed by atoms with Crippen molar-refractivity contribution in [1.82, 2.24) is 15.2 Å². The topological polar surface area (TPSA) is 31.1 Å². The van der Waals surface area contributed by atoms with Crippen LogP contribution in [0.4, 0.5) is 0 Å². The van der Waals surface area contributed by atoms with Gasteiger partial charge in [0.1, 0.15) is 0 Å². The van der Waals surface area contributed by atoms with Crippen LogP contribution in [0.2, 0.25) is 0 Å². The summed E-state index contributed by atoms with van der Waals surface area (Å²) in [5.41, 5.74) is 4.07. The number of likely N-dealkylation sites (tertiary alicyclic amines) is 1. The predicted octanol–water partition coefficient (Wildman–Crippen LogP) is 4.72. The fourth-order valence-electron chi connectivity index (χ4n) is 4.00. The van der Waals surface area contributed by atoms with Crippen molar-refractivity contribution in [1.29, 1.82) is 0 Å². The van der Waals surface area contributed by atoms with Gasteiger partial charge in [-0.25, -0.2) is 0 Å². The number of hydrogen-bond donors (Lipinski definition) is 2. The number of rotatable bonds is 7. The van der Waals surface area contributed by atoms with Gasteiger partial charge in [0.2, 0.25) is 0 Å². The number of para-hydroxylation sites is 1. The molecule has 4 heteroatoms. The van der Waals surface area contributed by atoms with Gasteiger partial charge in [-0.2, -0.15) is 0 Å². The third-order valence-corrected chi connectivity index (χ3v) is 6.35. The maximum absolute atomic E-state index is 3.73. The zero-order valence-electron chi connectivity index (χ0n) is 14.9. The molecule has 1 atom stereocenters. The van der Waals surface area contributed by atoms with Crippen molar-refractivity contribution < 1.29 is 0 Å². The summed E-state index contributed by atoms with van der Waals surface area (Å²) in [5.74, 6) is 0. The van der Waals surface area contributed by atoms with Gasteiger partial charge in [0, 0.05) is 35.1 Å². The quantitative estimate of drug-likeness (QED) is 0.644. The summed E-state index contributed by atoms with van der Waals surface area (Å²) in [5, 5.41) is 7.29. The second-order valence-corrected chi connectivity index (χ2v) is 7.89. The number of hydrogen-bond acceptors (Lipinski definition) is 3. The van der Waals surface area contributed by atoms with Crippen LogP contribution >= 0.6 is 11.3 Å². The van der Waals surface area contributed by atoms with Crippen molar-refractivity contribution in [3.8, 4) is 0 Å². The zero-order valence-corrected chi connectivity index (χ0v) is 15.7. The van der Waals surface area contributed by atoms with Gasteiger partial charge in [-0.05, 0) is 54.9 Å². The average Bonchev–Trinajstić information content (AvgIpc) is 3.40. The standard InChI is InChI=1S/C21H27N3S/c1-2-16-7-5-8-18-17(14-23-21(16)18)13-22-15-19(20-9-6-12-25-20)24-10-3-4-11-24/h5-9,12,14,19,22-23H,2-4,10-11,13,15H2,1H3/t19-/m0/s1. The van der Waals surface area contributed by atoms with E-state index in [1.54, 1.807) is 0 Å². The van der Waals surface area contributed by atoms with Gasteiger partial charge < -0.3 is 10.3 Å². The molecular formula is C21H27N3S. The molecule has 132 valence electrons. The summed E-state index contributed by atoms with van der Waals surface area (Å²) in [6.07, 6.45) is 5.92. The highest BCUT2D eigenvalue weighted by molar-refractivity contribution is 7.10. The van der Waals surface area contributed by atoms with Gasteiger partial charge in [-0.1, -0.05) is 31.2 Å². The molecule has 4 rings (SSSR count). The van der Waals surface area contributed by atoms with E-state index in [2.05, 4.69) is 64.0 Å². The van der Waals surface area contributed by atoms with Crippen molar-refractivity contribution >= 4 is 22.2 Å². The minimum absolute atomic E-state index is 0.513. The number of benzene rings is 1. The molecule has 0 radical (unpaired) electrons. The minimum atomic E-state index is 0.513. The SMILES string of the molecule is CCc1cccc2c(CNC[C@@H](c3cccs3)N3CCCC3)c[nH]c12. The smallest absolute Gasteiger partial charge is 0.0566 e. The molecule has 1 aliphatic heterocycles. The Labute approximate surface area is 154 Å². The van der Waals surface area contributed by atoms with E-state index in [0.29, 0.717) is 6.04 Å². The van der Waals surface area contributed by atoms with Crippen molar-refractivity contribution in [3.63, 3.8) is 0 Å². The normalized spacial score (nSPS) is 16.7. The molecule has 2 aromatic heterocycles. The Balaban J connectivity index is 1.45. The molecule has 0 unspecified atom stereocenters. The monoisotopic (exact) mass is 353 g/mol. The minimum Gasteiger partial charge on any atom is -0.361 e. The molecule has 0 aliphatic carbocycles. The summed E-state index contributed by atoms with van der Waals surface area (Å²) >= 11 is 1.89. The van der Waals surface area contributed by atoms with Gasteiger partial charge in [0.05, 0.1) is 6.04 Å². The first kappa shape index (κ1) is 16.8. The van der Waals surface area contributed by atoms with Crippen LogP contribution in [0.15, 0.2) is 41.9 Å². The summed E-state index contributed by atoms with van der Waals surface area (Å²) in [4.78, 5) is 7.61. The Morgan fingerprint density at radius 2 is 2.04 bits per heavy atom. The number of fused-ring (bicyclic) bond motifs is 1. The highest BCUT2D eigenvalue weighted by Gasteiger charge is 2.23. The van der Waals surface area contributed by atoms with E-state index < -0.39 is 0 Å². The number of nitrogens with zero attached hydrogens (tertiary/aromatic N) is 1. The molecule has 1 aliphatic rings. The lowest BCUT2D eigenvalue weighted by molar-refractivity contribution is 0.242. The van der Waals surface area contributed by atoms with Crippen molar-refractivity contribution in [2.24, 2.45) is 0 Å². The van der Waals surface area contributed by atoms with Crippen LogP contribution in [0.5, 0.6) is 0 Å². The molecule has 25 heavy (non-hydrogen) atoms. The van der Waals surface area contributed by atoms with E-state index in [-0.39, 0.29) is 0 Å². The number of aromatic nitrogens is 1. The molecule has 2 N–H and O–H groups in total. The molecule has 1 saturated heterocycles. The van der Waals surface area contributed by atoms with E-state index >= 15 is 0 Å². The molecule has 1 fully saturated rings. The van der Waals surface area contributed by atoms with Crippen LogP contribution in [0, 0.1) is 0 Å². The third kappa shape index (κ3) is 3.52. The fraction of sp³-hybridized carbons (Fsp3) is 0.429. The number of aromatic amines is 1. The van der Waals surface area contributed by atoms with Crippen molar-refractivity contribution in [3.05, 3.63) is 57.9 Å². The summed E-state index contributed by atoms with van der Waals surface area (Å²) in [6.45, 7) is 6.62. The molecule has 3 aromatic rings. The number of aryl methyl sites for hydroxylation is 1. The van der Waals surface area contributed by atoms with Crippen LogP contribution in [0.25, 0.3) is 10.9 Å². The molecule has 0 bridgehead atoms. The molecular weight excluding hydrogens is 326 g/mol. The Morgan fingerprint density at radius 3 is 2.80 bits per heavy atom. The van der Waals surface area contributed by atoms with Crippen molar-refractivity contribution in [2.75, 3.05) is 19.6 Å². The maximum atomic E-state index is 3.73. The van der Waals surface area contributed by atoms with Crippen molar-refractivity contribution in [2.45, 2.75) is 38.8 Å². The summed E-state index contributed by atoms with van der Waals surface area (Å²) in [6, 6.07) is 11.6. The van der Waals surface area contributed by atoms with E-state index in [0.717, 1.165) is 19.5 Å². The molecule has 3 nitrogen and oxygen atoms in total. The highest BCUT2D eigenvalue weighted by atomic mass is 32.1. The lowest BCUT2D eigenvalue weighted by atomic mass is 10.1. The largest absolute Gasteiger partial charge is 0.361 e. The average molecular weight is 354 g/mol. The zero-order chi connectivity index (χ0) is 17.1. The first-order valence-electron chi connectivity index (χ1n) is 9.43. The van der Waals surface area contributed by atoms with E-state index in [4.69, 9.17) is 0 Å². The van der Waals surface area contributed by atoms with Gasteiger partial charge in [-0.15, -0.1) is 11.3 Å². The highest BCUT2D eigenvalue weighted by Crippen LogP contribution is 2.28. The van der Waals surface area contributed by atoms with Crippen LogP contribution in [-0.4, -0.2) is 29.5 Å². The van der Waals surface area contributed by atoms with Gasteiger partial charge in [-0.3, -0.25) is 4.90 Å². The van der Waals surface area contributed by atoms with E-state index in [1.165, 1.54) is 52.8 Å². The lowest BCUT2D eigenvalue weighted by Gasteiger charge is -2.27. The maximum Gasteiger partial charge on any atom is 0.0566 e. The Morgan fingerprint density at radius 1 is 1.16 bits per heavy atom. The van der Waals surface area contributed by atoms with Gasteiger partial charge >= 0.3 is 0 Å². The fourth-order valence-corrected chi connectivity index (χ4v) is 4.86. The molecule has 0 spiro atoms. The number of thiophene rings is 1. The van der Waals surface area contributed by atoms with Gasteiger partial charge in [0.25, 0.3) is 0 Å².